The minimum Gasteiger partial charge on any atom is -0.356 e. The number of nitrogens with one attached hydrogen (secondary N) is 1. The van der Waals surface area contributed by atoms with Crippen LogP contribution in [0.1, 0.15) is 40.2 Å². The molecule has 4 nitrogen and oxygen atoms in total. The zero-order chi connectivity index (χ0) is 24.7. The molecule has 4 heteroatoms. The van der Waals surface area contributed by atoms with Gasteiger partial charge in [0.15, 0.2) is 0 Å². The highest BCUT2D eigenvalue weighted by Gasteiger charge is 2.23. The smallest absolute Gasteiger partial charge is 0.220 e. The summed E-state index contributed by atoms with van der Waals surface area (Å²) in [6.45, 7) is 3.51. The van der Waals surface area contributed by atoms with Crippen molar-refractivity contribution in [2.45, 2.75) is 32.2 Å². The van der Waals surface area contributed by atoms with Crippen LogP contribution < -0.4 is 5.32 Å². The average Bonchev–Trinajstić information content (AvgIpc) is 3.26. The third-order valence-corrected chi connectivity index (χ3v) is 6.71. The van der Waals surface area contributed by atoms with Gasteiger partial charge < -0.3 is 9.88 Å². The maximum Gasteiger partial charge on any atom is 0.220 e. The lowest BCUT2D eigenvalue weighted by atomic mass is 9.87. The van der Waals surface area contributed by atoms with Gasteiger partial charge in [-0.15, -0.1) is 0 Å². The first kappa shape index (κ1) is 23.6. The second-order valence-electron chi connectivity index (χ2n) is 9.34. The van der Waals surface area contributed by atoms with Gasteiger partial charge in [0.1, 0.15) is 0 Å². The zero-order valence-electron chi connectivity index (χ0n) is 20.6. The lowest BCUT2D eigenvalue weighted by molar-refractivity contribution is -0.121. The Morgan fingerprint density at radius 3 is 2.47 bits per heavy atom. The largest absolute Gasteiger partial charge is 0.356 e. The molecule has 0 saturated carbocycles. The Balaban J connectivity index is 1.44. The lowest BCUT2D eigenvalue weighted by Crippen LogP contribution is -2.27. The number of amides is 1. The number of fused-ring (bicyclic) bond motifs is 1. The summed E-state index contributed by atoms with van der Waals surface area (Å²) in [6.07, 6.45) is 7.01. The Morgan fingerprint density at radius 2 is 1.67 bits per heavy atom. The van der Waals surface area contributed by atoms with Crippen LogP contribution in [0.5, 0.6) is 0 Å². The van der Waals surface area contributed by atoms with Gasteiger partial charge in [-0.2, -0.15) is 0 Å². The number of hydrogen-bond acceptors (Lipinski definition) is 2. The molecule has 0 aliphatic heterocycles. The second-order valence-corrected chi connectivity index (χ2v) is 9.34. The third kappa shape index (κ3) is 5.55. The predicted molar refractivity (Wildman–Crippen MR) is 146 cm³/mol. The van der Waals surface area contributed by atoms with Crippen molar-refractivity contribution >= 4 is 16.8 Å². The van der Waals surface area contributed by atoms with E-state index in [9.17, 15) is 4.79 Å². The van der Waals surface area contributed by atoms with Gasteiger partial charge in [-0.1, -0.05) is 78.4 Å². The molecule has 0 bridgehead atoms. The monoisotopic (exact) mass is 473 g/mol. The second kappa shape index (κ2) is 11.0. The van der Waals surface area contributed by atoms with Crippen LogP contribution in [0.3, 0.4) is 0 Å². The van der Waals surface area contributed by atoms with Crippen LogP contribution in [0.2, 0.25) is 0 Å². The van der Waals surface area contributed by atoms with Crippen LogP contribution in [-0.4, -0.2) is 22.0 Å². The highest BCUT2D eigenvalue weighted by molar-refractivity contribution is 5.86. The number of rotatable bonds is 9. The molecular formula is C32H31N3O. The number of nitrogens with zero attached hydrogens (tertiary/aromatic N) is 2. The van der Waals surface area contributed by atoms with Crippen molar-refractivity contribution in [3.05, 3.63) is 137 Å². The molecule has 0 fully saturated rings. The van der Waals surface area contributed by atoms with Crippen LogP contribution >= 0.6 is 0 Å². The fraction of sp³-hybridized carbons (Fsp3) is 0.188. The number of benzene rings is 3. The lowest BCUT2D eigenvalue weighted by Gasteiger charge is -2.18. The molecule has 2 aromatic heterocycles. The predicted octanol–water partition coefficient (Wildman–Crippen LogP) is 6.27. The van der Waals surface area contributed by atoms with Crippen molar-refractivity contribution in [1.82, 2.24) is 14.9 Å². The molecule has 1 unspecified atom stereocenters. The van der Waals surface area contributed by atoms with Gasteiger partial charge in [0.25, 0.3) is 0 Å². The Hall–Kier alpha value is -4.18. The van der Waals surface area contributed by atoms with E-state index in [1.165, 1.54) is 38.7 Å². The summed E-state index contributed by atoms with van der Waals surface area (Å²) in [5, 5.41) is 4.34. The fourth-order valence-corrected chi connectivity index (χ4v) is 4.91. The minimum atomic E-state index is -0.0345. The van der Waals surface area contributed by atoms with Gasteiger partial charge in [0.2, 0.25) is 5.91 Å². The highest BCUT2D eigenvalue weighted by Crippen LogP contribution is 2.35. The van der Waals surface area contributed by atoms with Crippen molar-refractivity contribution in [3.63, 3.8) is 0 Å². The number of hydrogen-bond donors (Lipinski definition) is 1. The quantitative estimate of drug-likeness (QED) is 0.274. The number of carbonyl (C=O) groups excluding carboxylic acids is 1. The van der Waals surface area contributed by atoms with Crippen LogP contribution in [0.15, 0.2) is 110 Å². The fourth-order valence-electron chi connectivity index (χ4n) is 4.91. The van der Waals surface area contributed by atoms with Crippen molar-refractivity contribution < 1.29 is 4.79 Å². The summed E-state index contributed by atoms with van der Waals surface area (Å²) in [5.74, 6) is 0.0307. The molecule has 0 radical (unpaired) electrons. The standard InChI is InChI=1S/C32H31N3O/c1-24-8-7-11-27(20-24)29(21-32(36)34-19-16-25-14-17-33-18-15-25)30-23-35(22-26-9-3-2-4-10-26)31-13-6-5-12-28(30)31/h2-15,17-18,20,23,29H,16,19,21-22H2,1H3,(H,34,36). The van der Waals surface area contributed by atoms with Crippen molar-refractivity contribution in [2.24, 2.45) is 0 Å². The zero-order valence-corrected chi connectivity index (χ0v) is 20.6. The van der Waals surface area contributed by atoms with E-state index < -0.39 is 0 Å². The molecule has 36 heavy (non-hydrogen) atoms. The average molecular weight is 474 g/mol. The van der Waals surface area contributed by atoms with Crippen LogP contribution in [0.25, 0.3) is 10.9 Å². The van der Waals surface area contributed by atoms with Gasteiger partial charge in [-0.25, -0.2) is 0 Å². The van der Waals surface area contributed by atoms with E-state index in [0.29, 0.717) is 13.0 Å². The van der Waals surface area contributed by atoms with Gasteiger partial charge in [0, 0.05) is 54.9 Å². The first-order valence-corrected chi connectivity index (χ1v) is 12.5. The summed E-state index contributed by atoms with van der Waals surface area (Å²) in [4.78, 5) is 17.2. The Labute approximate surface area is 212 Å². The van der Waals surface area contributed by atoms with Crippen LogP contribution in [0.4, 0.5) is 0 Å². The van der Waals surface area contributed by atoms with Crippen LogP contribution in [-0.2, 0) is 17.8 Å². The van der Waals surface area contributed by atoms with E-state index in [2.05, 4.69) is 101 Å². The molecule has 0 saturated heterocycles. The molecule has 180 valence electrons. The normalized spacial score (nSPS) is 11.9. The molecule has 0 aliphatic carbocycles. The maximum absolute atomic E-state index is 13.2. The van der Waals surface area contributed by atoms with E-state index in [-0.39, 0.29) is 11.8 Å². The Morgan fingerprint density at radius 1 is 0.889 bits per heavy atom. The molecule has 5 rings (SSSR count). The topological polar surface area (TPSA) is 46.9 Å². The Kier molecular flexibility index (Phi) is 7.23. The van der Waals surface area contributed by atoms with E-state index in [1.54, 1.807) is 12.4 Å². The van der Waals surface area contributed by atoms with Crippen LogP contribution in [0, 0.1) is 6.92 Å². The number of pyridine rings is 1. The number of aryl methyl sites for hydroxylation is 1. The molecule has 2 heterocycles. The molecule has 1 atom stereocenters. The van der Waals surface area contributed by atoms with E-state index >= 15 is 0 Å². The molecule has 3 aromatic carbocycles. The first-order chi connectivity index (χ1) is 17.7. The molecule has 1 amide bonds. The molecular weight excluding hydrogens is 442 g/mol. The molecule has 0 aliphatic rings. The van der Waals surface area contributed by atoms with Gasteiger partial charge >= 0.3 is 0 Å². The van der Waals surface area contributed by atoms with E-state index in [1.807, 2.05) is 18.2 Å². The number of carbonyl (C=O) groups is 1. The maximum atomic E-state index is 13.2. The van der Waals surface area contributed by atoms with Gasteiger partial charge in [-0.3, -0.25) is 9.78 Å². The van der Waals surface area contributed by atoms with E-state index in [0.717, 1.165) is 13.0 Å². The summed E-state index contributed by atoms with van der Waals surface area (Å²) in [6, 6.07) is 31.5. The SMILES string of the molecule is Cc1cccc(C(CC(=O)NCCc2ccncc2)c2cn(Cc3ccccc3)c3ccccc23)c1. The van der Waals surface area contributed by atoms with Gasteiger partial charge in [0.05, 0.1) is 0 Å². The summed E-state index contributed by atoms with van der Waals surface area (Å²) >= 11 is 0. The summed E-state index contributed by atoms with van der Waals surface area (Å²) < 4.78 is 2.31. The van der Waals surface area contributed by atoms with E-state index in [4.69, 9.17) is 0 Å². The summed E-state index contributed by atoms with van der Waals surface area (Å²) in [7, 11) is 0. The molecule has 0 spiro atoms. The minimum absolute atomic E-state index is 0.0345. The van der Waals surface area contributed by atoms with Crippen molar-refractivity contribution in [3.8, 4) is 0 Å². The van der Waals surface area contributed by atoms with Crippen molar-refractivity contribution in [1.29, 1.82) is 0 Å². The molecule has 1 N–H and O–H groups in total. The molecule has 5 aromatic rings. The third-order valence-electron chi connectivity index (χ3n) is 6.71. The first-order valence-electron chi connectivity index (χ1n) is 12.5. The van der Waals surface area contributed by atoms with Crippen molar-refractivity contribution in [2.75, 3.05) is 6.54 Å². The highest BCUT2D eigenvalue weighted by atomic mass is 16.1. The van der Waals surface area contributed by atoms with Gasteiger partial charge in [-0.05, 0) is 53.8 Å². The number of para-hydroxylation sites is 1. The Bertz CT molecular complexity index is 1440. The number of aromatic nitrogens is 2. The summed E-state index contributed by atoms with van der Waals surface area (Å²) in [5.41, 5.74) is 7.17.